The molecule has 6 heteroatoms. The van der Waals surface area contributed by atoms with Crippen molar-refractivity contribution in [1.82, 2.24) is 5.32 Å². The molecule has 0 aliphatic heterocycles. The molecule has 0 heterocycles. The molecule has 1 aromatic carbocycles. The van der Waals surface area contributed by atoms with Gasteiger partial charge in [-0.25, -0.2) is 0 Å². The third-order valence-corrected chi connectivity index (χ3v) is 2.04. The highest BCUT2D eigenvalue weighted by molar-refractivity contribution is 6.35. The molecule has 0 aliphatic carbocycles. The summed E-state index contributed by atoms with van der Waals surface area (Å²) < 4.78 is 0. The SMILES string of the molecule is NC(=O)C(=O)NCc1cc(Cl)cc(Cl)c1. The van der Waals surface area contributed by atoms with Crippen molar-refractivity contribution in [2.75, 3.05) is 0 Å². The van der Waals surface area contributed by atoms with Crippen LogP contribution in [-0.2, 0) is 16.1 Å². The van der Waals surface area contributed by atoms with E-state index in [0.717, 1.165) is 0 Å². The van der Waals surface area contributed by atoms with E-state index in [2.05, 4.69) is 5.32 Å². The van der Waals surface area contributed by atoms with Crippen LogP contribution < -0.4 is 11.1 Å². The first-order valence-corrected chi connectivity index (χ1v) is 4.77. The maximum atomic E-state index is 10.8. The van der Waals surface area contributed by atoms with Crippen LogP contribution in [0.5, 0.6) is 0 Å². The lowest BCUT2D eigenvalue weighted by molar-refractivity contribution is -0.137. The van der Waals surface area contributed by atoms with Gasteiger partial charge in [0.1, 0.15) is 0 Å². The molecule has 0 atom stereocenters. The van der Waals surface area contributed by atoms with Crippen LogP contribution in [0.3, 0.4) is 0 Å². The number of nitrogens with one attached hydrogen (secondary N) is 1. The summed E-state index contributed by atoms with van der Waals surface area (Å²) in [4.78, 5) is 21.2. The molecule has 0 unspecified atom stereocenters. The van der Waals surface area contributed by atoms with Gasteiger partial charge in [0.05, 0.1) is 0 Å². The molecule has 3 N–H and O–H groups in total. The molecule has 0 saturated heterocycles. The molecule has 0 aromatic heterocycles. The van der Waals surface area contributed by atoms with E-state index in [4.69, 9.17) is 28.9 Å². The average Bonchev–Trinajstić information content (AvgIpc) is 2.12. The van der Waals surface area contributed by atoms with Gasteiger partial charge in [0.2, 0.25) is 0 Å². The van der Waals surface area contributed by atoms with Gasteiger partial charge in [-0.2, -0.15) is 0 Å². The van der Waals surface area contributed by atoms with E-state index in [-0.39, 0.29) is 6.54 Å². The van der Waals surface area contributed by atoms with Crippen LogP contribution in [0.2, 0.25) is 10.0 Å². The van der Waals surface area contributed by atoms with E-state index in [1.807, 2.05) is 0 Å². The smallest absolute Gasteiger partial charge is 0.309 e. The summed E-state index contributed by atoms with van der Waals surface area (Å²) in [5, 5.41) is 3.25. The zero-order valence-electron chi connectivity index (χ0n) is 7.59. The molecule has 1 aromatic rings. The molecule has 80 valence electrons. The normalized spacial score (nSPS) is 9.73. The van der Waals surface area contributed by atoms with E-state index in [0.29, 0.717) is 15.6 Å². The predicted octanol–water partition coefficient (Wildman–Crippen LogP) is 1.09. The Morgan fingerprint density at radius 3 is 2.20 bits per heavy atom. The Kier molecular flexibility index (Phi) is 3.94. The maximum absolute atomic E-state index is 10.8. The second kappa shape index (κ2) is 5.00. The first-order chi connectivity index (χ1) is 6.99. The number of nitrogens with two attached hydrogens (primary N) is 1. The number of primary amides is 1. The third-order valence-electron chi connectivity index (χ3n) is 1.60. The molecular weight excluding hydrogens is 239 g/mol. The zero-order valence-corrected chi connectivity index (χ0v) is 9.10. The summed E-state index contributed by atoms with van der Waals surface area (Å²) in [7, 11) is 0. The number of hydrogen-bond acceptors (Lipinski definition) is 2. The predicted molar refractivity (Wildman–Crippen MR) is 57.5 cm³/mol. The van der Waals surface area contributed by atoms with Gasteiger partial charge in [0, 0.05) is 16.6 Å². The van der Waals surface area contributed by atoms with Crippen molar-refractivity contribution in [2.45, 2.75) is 6.54 Å². The zero-order chi connectivity index (χ0) is 11.4. The second-order valence-electron chi connectivity index (χ2n) is 2.82. The van der Waals surface area contributed by atoms with E-state index >= 15 is 0 Å². The van der Waals surface area contributed by atoms with Crippen LogP contribution in [0.1, 0.15) is 5.56 Å². The van der Waals surface area contributed by atoms with Crippen LogP contribution in [0.4, 0.5) is 0 Å². The van der Waals surface area contributed by atoms with Crippen molar-refractivity contribution >= 4 is 35.0 Å². The number of rotatable bonds is 2. The summed E-state index contributed by atoms with van der Waals surface area (Å²) in [5.41, 5.74) is 5.45. The highest BCUT2D eigenvalue weighted by Gasteiger charge is 2.07. The maximum Gasteiger partial charge on any atom is 0.309 e. The van der Waals surface area contributed by atoms with Gasteiger partial charge < -0.3 is 11.1 Å². The molecule has 0 radical (unpaired) electrons. The van der Waals surface area contributed by atoms with Crippen LogP contribution in [0.25, 0.3) is 0 Å². The number of benzene rings is 1. The summed E-state index contributed by atoms with van der Waals surface area (Å²) in [6.07, 6.45) is 0. The lowest BCUT2D eigenvalue weighted by Crippen LogP contribution is -2.35. The van der Waals surface area contributed by atoms with Crippen molar-refractivity contribution in [3.05, 3.63) is 33.8 Å². The standard InChI is InChI=1S/C9H8Cl2N2O2/c10-6-1-5(2-7(11)3-6)4-13-9(15)8(12)14/h1-3H,4H2,(H2,12,14)(H,13,15). The molecule has 0 fully saturated rings. The summed E-state index contributed by atoms with van der Waals surface area (Å²) >= 11 is 11.5. The van der Waals surface area contributed by atoms with E-state index in [1.165, 1.54) is 0 Å². The molecule has 4 nitrogen and oxygen atoms in total. The van der Waals surface area contributed by atoms with Crippen molar-refractivity contribution < 1.29 is 9.59 Å². The Bertz CT molecular complexity index is 387. The second-order valence-corrected chi connectivity index (χ2v) is 3.70. The summed E-state index contributed by atoms with van der Waals surface area (Å²) in [5.74, 6) is -1.87. The molecule has 0 aliphatic rings. The van der Waals surface area contributed by atoms with Crippen LogP contribution >= 0.6 is 23.2 Å². The Hall–Kier alpha value is -1.26. The Labute approximate surface area is 96.3 Å². The largest absolute Gasteiger partial charge is 0.361 e. The van der Waals surface area contributed by atoms with Crippen molar-refractivity contribution in [2.24, 2.45) is 5.73 Å². The number of amides is 2. The van der Waals surface area contributed by atoms with Gasteiger partial charge in [-0.1, -0.05) is 23.2 Å². The average molecular weight is 247 g/mol. The molecule has 0 bridgehead atoms. The topological polar surface area (TPSA) is 72.2 Å². The minimum Gasteiger partial charge on any atom is -0.361 e. The fourth-order valence-corrected chi connectivity index (χ4v) is 1.55. The monoisotopic (exact) mass is 246 g/mol. The Balaban J connectivity index is 2.65. The third kappa shape index (κ3) is 3.77. The van der Waals surface area contributed by atoms with Gasteiger partial charge >= 0.3 is 11.8 Å². The van der Waals surface area contributed by atoms with Crippen LogP contribution in [0.15, 0.2) is 18.2 Å². The number of carbonyl (C=O) groups excluding carboxylic acids is 2. The number of carbonyl (C=O) groups is 2. The van der Waals surface area contributed by atoms with Crippen LogP contribution in [0, 0.1) is 0 Å². The quantitative estimate of drug-likeness (QED) is 0.768. The molecule has 1 rings (SSSR count). The van der Waals surface area contributed by atoms with Crippen molar-refractivity contribution in [3.63, 3.8) is 0 Å². The highest BCUT2D eigenvalue weighted by Crippen LogP contribution is 2.18. The Morgan fingerprint density at radius 1 is 1.20 bits per heavy atom. The first-order valence-electron chi connectivity index (χ1n) is 4.01. The Morgan fingerprint density at radius 2 is 1.73 bits per heavy atom. The summed E-state index contributed by atoms with van der Waals surface area (Å²) in [6.45, 7) is 0.155. The number of hydrogen-bond donors (Lipinski definition) is 2. The van der Waals surface area contributed by atoms with Crippen molar-refractivity contribution in [1.29, 1.82) is 0 Å². The molecule has 2 amide bonds. The minimum atomic E-state index is -1.02. The van der Waals surface area contributed by atoms with Crippen LogP contribution in [-0.4, -0.2) is 11.8 Å². The van der Waals surface area contributed by atoms with E-state index in [9.17, 15) is 9.59 Å². The van der Waals surface area contributed by atoms with E-state index < -0.39 is 11.8 Å². The summed E-state index contributed by atoms with van der Waals surface area (Å²) in [6, 6.07) is 4.84. The van der Waals surface area contributed by atoms with Crippen molar-refractivity contribution in [3.8, 4) is 0 Å². The van der Waals surface area contributed by atoms with Gasteiger partial charge in [-0.05, 0) is 23.8 Å². The molecule has 15 heavy (non-hydrogen) atoms. The number of halogens is 2. The fraction of sp³-hybridized carbons (Fsp3) is 0.111. The van der Waals surface area contributed by atoms with Gasteiger partial charge in [-0.3, -0.25) is 9.59 Å². The molecule has 0 spiro atoms. The lowest BCUT2D eigenvalue weighted by atomic mass is 10.2. The minimum absolute atomic E-state index is 0.155. The highest BCUT2D eigenvalue weighted by atomic mass is 35.5. The first kappa shape index (κ1) is 11.8. The van der Waals surface area contributed by atoms with Gasteiger partial charge in [-0.15, -0.1) is 0 Å². The van der Waals surface area contributed by atoms with Gasteiger partial charge in [0.15, 0.2) is 0 Å². The van der Waals surface area contributed by atoms with Gasteiger partial charge in [0.25, 0.3) is 0 Å². The fourth-order valence-electron chi connectivity index (χ4n) is 0.982. The lowest BCUT2D eigenvalue weighted by Gasteiger charge is -2.04. The van der Waals surface area contributed by atoms with E-state index in [1.54, 1.807) is 18.2 Å². The molecule has 0 saturated carbocycles. The molecular formula is C9H8Cl2N2O2.